The molecule has 0 aliphatic heterocycles. The van der Waals surface area contributed by atoms with Gasteiger partial charge < -0.3 is 11.1 Å². The Labute approximate surface area is 89.1 Å². The molecule has 5 heteroatoms. The van der Waals surface area contributed by atoms with Crippen LogP contribution in [0.5, 0.6) is 0 Å². The lowest BCUT2D eigenvalue weighted by Gasteiger charge is -2.03. The Bertz CT molecular complexity index is 331. The fourth-order valence-electron chi connectivity index (χ4n) is 1.31. The van der Waals surface area contributed by atoms with Crippen LogP contribution < -0.4 is 11.1 Å². The van der Waals surface area contributed by atoms with Crippen molar-refractivity contribution in [2.45, 2.75) is 26.7 Å². The van der Waals surface area contributed by atoms with Crippen LogP contribution >= 0.6 is 0 Å². The fourth-order valence-corrected chi connectivity index (χ4v) is 1.31. The van der Waals surface area contributed by atoms with E-state index in [4.69, 9.17) is 5.73 Å². The van der Waals surface area contributed by atoms with Gasteiger partial charge in [-0.15, -0.1) is 0 Å². The minimum atomic E-state index is 0.0346. The summed E-state index contributed by atoms with van der Waals surface area (Å²) in [5, 5.41) is 2.73. The van der Waals surface area contributed by atoms with Gasteiger partial charge in [-0.25, -0.2) is 9.97 Å². The molecule has 5 nitrogen and oxygen atoms in total. The van der Waals surface area contributed by atoms with E-state index in [9.17, 15) is 4.79 Å². The number of nitrogen functional groups attached to an aromatic ring is 1. The van der Waals surface area contributed by atoms with Crippen molar-refractivity contribution in [3.05, 3.63) is 17.5 Å². The van der Waals surface area contributed by atoms with Crippen LogP contribution in [-0.4, -0.2) is 22.4 Å². The second kappa shape index (κ2) is 5.29. The standard InChI is InChI=1S/C10H16N4O/c1-3-12-9(15)5-4-8-6-7(2)13-10(11)14-8/h6H,3-5H2,1-2H3,(H,12,15)(H2,11,13,14). The zero-order valence-corrected chi connectivity index (χ0v) is 9.08. The molecule has 82 valence electrons. The lowest BCUT2D eigenvalue weighted by Crippen LogP contribution is -2.23. The monoisotopic (exact) mass is 208 g/mol. The number of aromatic nitrogens is 2. The van der Waals surface area contributed by atoms with Gasteiger partial charge in [-0.2, -0.15) is 0 Å². The topological polar surface area (TPSA) is 80.9 Å². The number of carbonyl (C=O) groups excluding carboxylic acids is 1. The number of aryl methyl sites for hydroxylation is 2. The first kappa shape index (κ1) is 11.4. The van der Waals surface area contributed by atoms with Crippen molar-refractivity contribution in [3.63, 3.8) is 0 Å². The van der Waals surface area contributed by atoms with Crippen molar-refractivity contribution >= 4 is 11.9 Å². The van der Waals surface area contributed by atoms with Crippen molar-refractivity contribution in [3.8, 4) is 0 Å². The van der Waals surface area contributed by atoms with Gasteiger partial charge in [-0.1, -0.05) is 0 Å². The Balaban J connectivity index is 2.54. The normalized spacial score (nSPS) is 10.0. The molecule has 1 rings (SSSR count). The lowest BCUT2D eigenvalue weighted by molar-refractivity contribution is -0.120. The largest absolute Gasteiger partial charge is 0.368 e. The molecule has 1 heterocycles. The highest BCUT2D eigenvalue weighted by atomic mass is 16.1. The minimum absolute atomic E-state index is 0.0346. The summed E-state index contributed by atoms with van der Waals surface area (Å²) in [5.41, 5.74) is 7.14. The molecular formula is C10H16N4O. The first-order valence-corrected chi connectivity index (χ1v) is 4.98. The summed E-state index contributed by atoms with van der Waals surface area (Å²) in [4.78, 5) is 19.2. The summed E-state index contributed by atoms with van der Waals surface area (Å²) in [6.07, 6.45) is 1.03. The molecular weight excluding hydrogens is 192 g/mol. The Hall–Kier alpha value is -1.65. The molecule has 0 fully saturated rings. The number of nitrogens with two attached hydrogens (primary N) is 1. The summed E-state index contributed by atoms with van der Waals surface area (Å²) in [7, 11) is 0. The van der Waals surface area contributed by atoms with Crippen LogP contribution in [0.15, 0.2) is 6.07 Å². The van der Waals surface area contributed by atoms with E-state index in [0.717, 1.165) is 11.4 Å². The van der Waals surface area contributed by atoms with Gasteiger partial charge in [0.1, 0.15) is 0 Å². The van der Waals surface area contributed by atoms with Crippen LogP contribution in [0.25, 0.3) is 0 Å². The maximum Gasteiger partial charge on any atom is 0.220 e. The van der Waals surface area contributed by atoms with E-state index >= 15 is 0 Å². The van der Waals surface area contributed by atoms with Crippen molar-refractivity contribution in [1.29, 1.82) is 0 Å². The van der Waals surface area contributed by atoms with Crippen molar-refractivity contribution in [2.24, 2.45) is 0 Å². The van der Waals surface area contributed by atoms with Gasteiger partial charge in [0.15, 0.2) is 0 Å². The molecule has 0 unspecified atom stereocenters. The highest BCUT2D eigenvalue weighted by Crippen LogP contribution is 2.04. The second-order valence-electron chi connectivity index (χ2n) is 3.31. The van der Waals surface area contributed by atoms with Gasteiger partial charge in [0, 0.05) is 24.4 Å². The quantitative estimate of drug-likeness (QED) is 0.752. The van der Waals surface area contributed by atoms with Crippen LogP contribution in [0.4, 0.5) is 5.95 Å². The highest BCUT2D eigenvalue weighted by Gasteiger charge is 2.03. The van der Waals surface area contributed by atoms with E-state index in [1.165, 1.54) is 0 Å². The number of hydrogen-bond acceptors (Lipinski definition) is 4. The molecule has 0 saturated carbocycles. The Morgan fingerprint density at radius 1 is 1.53 bits per heavy atom. The van der Waals surface area contributed by atoms with Crippen LogP contribution in [0, 0.1) is 6.92 Å². The molecule has 1 aromatic heterocycles. The van der Waals surface area contributed by atoms with Crippen LogP contribution in [0.2, 0.25) is 0 Å². The third kappa shape index (κ3) is 3.93. The zero-order valence-electron chi connectivity index (χ0n) is 9.08. The van der Waals surface area contributed by atoms with Crippen molar-refractivity contribution < 1.29 is 4.79 Å². The first-order valence-electron chi connectivity index (χ1n) is 4.98. The number of nitrogens with one attached hydrogen (secondary N) is 1. The third-order valence-electron chi connectivity index (χ3n) is 1.91. The highest BCUT2D eigenvalue weighted by molar-refractivity contribution is 5.75. The van der Waals surface area contributed by atoms with E-state index in [-0.39, 0.29) is 11.9 Å². The number of anilines is 1. The van der Waals surface area contributed by atoms with E-state index < -0.39 is 0 Å². The number of amides is 1. The Morgan fingerprint density at radius 2 is 2.27 bits per heavy atom. The van der Waals surface area contributed by atoms with Gasteiger partial charge in [0.05, 0.1) is 0 Å². The van der Waals surface area contributed by atoms with Gasteiger partial charge in [0.2, 0.25) is 11.9 Å². The van der Waals surface area contributed by atoms with Crippen molar-refractivity contribution in [2.75, 3.05) is 12.3 Å². The Kier molecular flexibility index (Phi) is 4.03. The molecule has 0 radical (unpaired) electrons. The lowest BCUT2D eigenvalue weighted by atomic mass is 10.2. The summed E-state index contributed by atoms with van der Waals surface area (Å²) in [5.74, 6) is 0.299. The maximum absolute atomic E-state index is 11.2. The van der Waals surface area contributed by atoms with Gasteiger partial charge >= 0.3 is 0 Å². The first-order chi connectivity index (χ1) is 7.11. The van der Waals surface area contributed by atoms with Crippen LogP contribution in [0.3, 0.4) is 0 Å². The molecule has 15 heavy (non-hydrogen) atoms. The number of hydrogen-bond donors (Lipinski definition) is 2. The Morgan fingerprint density at radius 3 is 2.87 bits per heavy atom. The molecule has 0 aliphatic carbocycles. The third-order valence-corrected chi connectivity index (χ3v) is 1.91. The molecule has 0 spiro atoms. The predicted octanol–water partition coefficient (Wildman–Crippen LogP) is 0.436. The average Bonchev–Trinajstić information content (AvgIpc) is 2.14. The van der Waals surface area contributed by atoms with Crippen LogP contribution in [-0.2, 0) is 11.2 Å². The predicted molar refractivity (Wildman–Crippen MR) is 58.2 cm³/mol. The summed E-state index contributed by atoms with van der Waals surface area (Å²) in [6.45, 7) is 4.40. The van der Waals surface area contributed by atoms with Crippen LogP contribution in [0.1, 0.15) is 24.7 Å². The molecule has 1 amide bonds. The molecule has 3 N–H and O–H groups in total. The molecule has 1 aromatic rings. The van der Waals surface area contributed by atoms with Gasteiger partial charge in [-0.05, 0) is 26.3 Å². The number of nitrogens with zero attached hydrogens (tertiary/aromatic N) is 2. The smallest absolute Gasteiger partial charge is 0.220 e. The molecule has 0 atom stereocenters. The average molecular weight is 208 g/mol. The number of rotatable bonds is 4. The maximum atomic E-state index is 11.2. The zero-order chi connectivity index (χ0) is 11.3. The minimum Gasteiger partial charge on any atom is -0.368 e. The second-order valence-corrected chi connectivity index (χ2v) is 3.31. The molecule has 0 aromatic carbocycles. The molecule has 0 bridgehead atoms. The molecule has 0 saturated heterocycles. The van der Waals surface area contributed by atoms with E-state index in [1.807, 2.05) is 19.9 Å². The summed E-state index contributed by atoms with van der Waals surface area (Å²) >= 11 is 0. The molecule has 0 aliphatic rings. The fraction of sp³-hybridized carbons (Fsp3) is 0.500. The summed E-state index contributed by atoms with van der Waals surface area (Å²) in [6, 6.07) is 1.84. The SMILES string of the molecule is CCNC(=O)CCc1cc(C)nc(N)n1. The van der Waals surface area contributed by atoms with Gasteiger partial charge in [0.25, 0.3) is 0 Å². The van der Waals surface area contributed by atoms with E-state index in [0.29, 0.717) is 19.4 Å². The van der Waals surface area contributed by atoms with Crippen molar-refractivity contribution in [1.82, 2.24) is 15.3 Å². The van der Waals surface area contributed by atoms with Gasteiger partial charge in [-0.3, -0.25) is 4.79 Å². The van der Waals surface area contributed by atoms with E-state index in [1.54, 1.807) is 0 Å². The number of carbonyl (C=O) groups is 1. The summed E-state index contributed by atoms with van der Waals surface area (Å²) < 4.78 is 0. The van der Waals surface area contributed by atoms with E-state index in [2.05, 4.69) is 15.3 Å².